The summed E-state index contributed by atoms with van der Waals surface area (Å²) in [6, 6.07) is 8.30. The van der Waals surface area contributed by atoms with Crippen molar-refractivity contribution in [2.45, 2.75) is 6.42 Å². The number of hydrogen-bond donors (Lipinski definition) is 0. The Morgan fingerprint density at radius 2 is 2.27 bits per heavy atom. The van der Waals surface area contributed by atoms with Crippen LogP contribution in [0.4, 0.5) is 0 Å². The molecule has 4 nitrogen and oxygen atoms in total. The molecule has 4 heteroatoms. The van der Waals surface area contributed by atoms with Crippen molar-refractivity contribution in [3.63, 3.8) is 0 Å². The summed E-state index contributed by atoms with van der Waals surface area (Å²) in [7, 11) is 2.03. The van der Waals surface area contributed by atoms with Crippen LogP contribution in [-0.2, 0) is 13.5 Å². The number of benzene rings is 1. The predicted molar refractivity (Wildman–Crippen MR) is 60.6 cm³/mol. The van der Waals surface area contributed by atoms with Gasteiger partial charge < -0.3 is 4.57 Å². The van der Waals surface area contributed by atoms with Crippen molar-refractivity contribution in [1.82, 2.24) is 4.57 Å². The van der Waals surface area contributed by atoms with Gasteiger partial charge in [-0.3, -0.25) is 0 Å². The Bertz CT molecular complexity index is 520. The Labute approximate surface area is 87.8 Å². The lowest BCUT2D eigenvalue weighted by atomic mass is 10.1. The molecule has 0 unspecified atom stereocenters. The summed E-state index contributed by atoms with van der Waals surface area (Å²) in [5, 5.41) is 4.80. The van der Waals surface area contributed by atoms with E-state index in [4.69, 9.17) is 5.53 Å². The Morgan fingerprint density at radius 3 is 3.07 bits per heavy atom. The highest BCUT2D eigenvalue weighted by Crippen LogP contribution is 2.19. The van der Waals surface area contributed by atoms with Gasteiger partial charge in [-0.05, 0) is 29.6 Å². The van der Waals surface area contributed by atoms with Gasteiger partial charge in [-0.1, -0.05) is 17.2 Å². The quantitative estimate of drug-likeness (QED) is 0.415. The van der Waals surface area contributed by atoms with Crippen LogP contribution < -0.4 is 0 Å². The van der Waals surface area contributed by atoms with Gasteiger partial charge in [0.1, 0.15) is 0 Å². The third-order valence-electron chi connectivity index (χ3n) is 2.56. The average Bonchev–Trinajstić information content (AvgIpc) is 2.62. The van der Waals surface area contributed by atoms with Crippen molar-refractivity contribution in [2.24, 2.45) is 12.2 Å². The molecule has 0 saturated heterocycles. The lowest BCUT2D eigenvalue weighted by Gasteiger charge is -2.01. The summed E-state index contributed by atoms with van der Waals surface area (Å²) in [5.74, 6) is 0. The van der Waals surface area contributed by atoms with Crippen LogP contribution in [0.25, 0.3) is 21.3 Å². The molecule has 0 aliphatic heterocycles. The number of azide groups is 1. The minimum atomic E-state index is 0.518. The Kier molecular flexibility index (Phi) is 2.61. The number of aryl methyl sites for hydroxylation is 1. The minimum absolute atomic E-state index is 0.518. The van der Waals surface area contributed by atoms with Gasteiger partial charge >= 0.3 is 0 Å². The Balaban J connectivity index is 2.38. The van der Waals surface area contributed by atoms with E-state index < -0.39 is 0 Å². The fourth-order valence-electron chi connectivity index (χ4n) is 1.80. The standard InChI is InChI=1S/C11H12N4/c1-15-8-6-10-9(5-7-13-14-12)3-2-4-11(10)15/h2-4,6,8H,5,7H2,1H3. The zero-order valence-electron chi connectivity index (χ0n) is 8.59. The zero-order valence-corrected chi connectivity index (χ0v) is 8.59. The van der Waals surface area contributed by atoms with E-state index in [-0.39, 0.29) is 0 Å². The van der Waals surface area contributed by atoms with Gasteiger partial charge in [0, 0.05) is 35.6 Å². The molecule has 2 rings (SSSR count). The van der Waals surface area contributed by atoms with Crippen molar-refractivity contribution in [2.75, 3.05) is 6.54 Å². The molecule has 0 atom stereocenters. The lowest BCUT2D eigenvalue weighted by Crippen LogP contribution is -1.90. The number of hydrogen-bond acceptors (Lipinski definition) is 1. The summed E-state index contributed by atoms with van der Waals surface area (Å²) >= 11 is 0. The number of fused-ring (bicyclic) bond motifs is 1. The molecular formula is C11H12N4. The Morgan fingerprint density at radius 1 is 1.40 bits per heavy atom. The first-order valence-corrected chi connectivity index (χ1v) is 4.86. The molecule has 0 saturated carbocycles. The molecule has 0 amide bonds. The Hall–Kier alpha value is -1.93. The third-order valence-corrected chi connectivity index (χ3v) is 2.56. The first-order chi connectivity index (χ1) is 7.33. The molecule has 2 aromatic rings. The van der Waals surface area contributed by atoms with Crippen LogP contribution in [0.1, 0.15) is 5.56 Å². The molecule has 15 heavy (non-hydrogen) atoms. The summed E-state index contributed by atoms with van der Waals surface area (Å²) in [5.41, 5.74) is 10.7. The normalized spacial score (nSPS) is 10.2. The lowest BCUT2D eigenvalue weighted by molar-refractivity contribution is 0.957. The first-order valence-electron chi connectivity index (χ1n) is 4.86. The molecule has 0 fully saturated rings. The molecule has 0 aliphatic rings. The topological polar surface area (TPSA) is 53.7 Å². The van der Waals surface area contributed by atoms with E-state index in [1.54, 1.807) is 0 Å². The van der Waals surface area contributed by atoms with Crippen LogP contribution in [0.3, 0.4) is 0 Å². The van der Waals surface area contributed by atoms with Crippen LogP contribution in [-0.4, -0.2) is 11.1 Å². The number of nitrogens with zero attached hydrogens (tertiary/aromatic N) is 4. The second kappa shape index (κ2) is 4.07. The maximum absolute atomic E-state index is 8.22. The molecule has 1 heterocycles. The van der Waals surface area contributed by atoms with E-state index in [2.05, 4.69) is 32.8 Å². The SMILES string of the molecule is Cn1ccc2c(CCN=[N+]=[N-])cccc21. The summed E-state index contributed by atoms with van der Waals surface area (Å²) < 4.78 is 2.09. The molecule has 1 aromatic carbocycles. The molecule has 76 valence electrons. The summed E-state index contributed by atoms with van der Waals surface area (Å²) in [6.07, 6.45) is 2.84. The van der Waals surface area contributed by atoms with Crippen molar-refractivity contribution in [3.05, 3.63) is 46.5 Å². The van der Waals surface area contributed by atoms with Gasteiger partial charge in [0.05, 0.1) is 0 Å². The molecule has 0 N–H and O–H groups in total. The van der Waals surface area contributed by atoms with Crippen molar-refractivity contribution in [3.8, 4) is 0 Å². The predicted octanol–water partition coefficient (Wildman–Crippen LogP) is 3.03. The second-order valence-electron chi connectivity index (χ2n) is 3.48. The number of aromatic nitrogens is 1. The van der Waals surface area contributed by atoms with Crippen molar-refractivity contribution >= 4 is 10.9 Å². The summed E-state index contributed by atoms with van der Waals surface area (Å²) in [6.45, 7) is 0.518. The maximum atomic E-state index is 8.22. The molecule has 0 radical (unpaired) electrons. The van der Waals surface area contributed by atoms with Crippen molar-refractivity contribution in [1.29, 1.82) is 0 Å². The highest BCUT2D eigenvalue weighted by molar-refractivity contribution is 5.83. The monoisotopic (exact) mass is 200 g/mol. The van der Waals surface area contributed by atoms with Crippen molar-refractivity contribution < 1.29 is 0 Å². The average molecular weight is 200 g/mol. The fraction of sp³-hybridized carbons (Fsp3) is 0.273. The first kappa shape index (κ1) is 9.62. The van der Waals surface area contributed by atoms with Gasteiger partial charge in [-0.25, -0.2) is 0 Å². The van der Waals surface area contributed by atoms with Crippen LogP contribution in [0.5, 0.6) is 0 Å². The largest absolute Gasteiger partial charge is 0.351 e. The van der Waals surface area contributed by atoms with E-state index in [0.717, 1.165) is 6.42 Å². The van der Waals surface area contributed by atoms with Crippen LogP contribution >= 0.6 is 0 Å². The van der Waals surface area contributed by atoms with E-state index in [9.17, 15) is 0 Å². The fourth-order valence-corrected chi connectivity index (χ4v) is 1.80. The highest BCUT2D eigenvalue weighted by Gasteiger charge is 2.02. The van der Waals surface area contributed by atoms with Crippen LogP contribution in [0.15, 0.2) is 35.6 Å². The number of rotatable bonds is 3. The van der Waals surface area contributed by atoms with Gasteiger partial charge in [-0.15, -0.1) is 0 Å². The van der Waals surface area contributed by atoms with E-state index >= 15 is 0 Å². The highest BCUT2D eigenvalue weighted by atomic mass is 15.1. The van der Waals surface area contributed by atoms with Gasteiger partial charge in [0.2, 0.25) is 0 Å². The molecule has 0 aliphatic carbocycles. The van der Waals surface area contributed by atoms with Crippen LogP contribution in [0, 0.1) is 0 Å². The minimum Gasteiger partial charge on any atom is -0.351 e. The van der Waals surface area contributed by atoms with Gasteiger partial charge in [-0.2, -0.15) is 0 Å². The van der Waals surface area contributed by atoms with E-state index in [1.165, 1.54) is 16.5 Å². The van der Waals surface area contributed by atoms with E-state index in [1.807, 2.05) is 19.3 Å². The van der Waals surface area contributed by atoms with Gasteiger partial charge in [0.25, 0.3) is 0 Å². The third kappa shape index (κ3) is 1.80. The summed E-state index contributed by atoms with van der Waals surface area (Å²) in [4.78, 5) is 2.76. The van der Waals surface area contributed by atoms with E-state index in [0.29, 0.717) is 6.54 Å². The molecular weight excluding hydrogens is 188 g/mol. The second-order valence-corrected chi connectivity index (χ2v) is 3.48. The maximum Gasteiger partial charge on any atom is 0.0480 e. The molecule has 0 spiro atoms. The van der Waals surface area contributed by atoms with Gasteiger partial charge in [0.15, 0.2) is 0 Å². The zero-order chi connectivity index (χ0) is 10.7. The van der Waals surface area contributed by atoms with Crippen LogP contribution in [0.2, 0.25) is 0 Å². The molecule has 0 bridgehead atoms. The smallest absolute Gasteiger partial charge is 0.0480 e. The molecule has 1 aromatic heterocycles.